The van der Waals surface area contributed by atoms with Crippen molar-refractivity contribution in [3.05, 3.63) is 102 Å². The molecular weight excluding hydrogens is 364 g/mol. The van der Waals surface area contributed by atoms with Crippen molar-refractivity contribution in [3.8, 4) is 5.75 Å². The molecule has 0 radical (unpaired) electrons. The molecule has 29 heavy (non-hydrogen) atoms. The molecule has 0 aliphatic heterocycles. The Labute approximate surface area is 170 Å². The summed E-state index contributed by atoms with van der Waals surface area (Å²) in [5, 5.41) is 12.1. The van der Waals surface area contributed by atoms with Gasteiger partial charge in [-0.1, -0.05) is 72.8 Å². The quantitative estimate of drug-likeness (QED) is 0.542. The molecule has 5 heteroatoms. The van der Waals surface area contributed by atoms with Crippen LogP contribution < -0.4 is 11.1 Å². The van der Waals surface area contributed by atoms with Gasteiger partial charge in [0.25, 0.3) is 0 Å². The maximum Gasteiger partial charge on any atom is 0.247 e. The predicted molar refractivity (Wildman–Crippen MR) is 112 cm³/mol. The van der Waals surface area contributed by atoms with E-state index in [9.17, 15) is 14.7 Å². The SMILES string of the molecule is C[C@](N)(C(=O)NCc1ccc(O)cc1)C(=O)C(c1ccccc1)c1ccccc1. The van der Waals surface area contributed by atoms with E-state index in [1.165, 1.54) is 19.1 Å². The third kappa shape index (κ3) is 4.70. The van der Waals surface area contributed by atoms with E-state index in [1.54, 1.807) is 12.1 Å². The minimum atomic E-state index is -1.72. The second kappa shape index (κ2) is 8.71. The number of ketones is 1. The number of nitrogens with one attached hydrogen (secondary N) is 1. The molecule has 0 heterocycles. The number of hydrogen-bond acceptors (Lipinski definition) is 4. The Morgan fingerprint density at radius 3 is 1.86 bits per heavy atom. The first-order chi connectivity index (χ1) is 13.9. The van der Waals surface area contributed by atoms with Gasteiger partial charge in [0.15, 0.2) is 11.3 Å². The van der Waals surface area contributed by atoms with Gasteiger partial charge in [0.2, 0.25) is 5.91 Å². The van der Waals surface area contributed by atoms with E-state index >= 15 is 0 Å². The Bertz CT molecular complexity index is 929. The van der Waals surface area contributed by atoms with Gasteiger partial charge in [-0.2, -0.15) is 0 Å². The minimum Gasteiger partial charge on any atom is -0.508 e. The van der Waals surface area contributed by atoms with Crippen molar-refractivity contribution in [2.24, 2.45) is 5.73 Å². The summed E-state index contributed by atoms with van der Waals surface area (Å²) in [5.74, 6) is -1.43. The van der Waals surface area contributed by atoms with Crippen molar-refractivity contribution < 1.29 is 14.7 Å². The van der Waals surface area contributed by atoms with Crippen molar-refractivity contribution in [2.45, 2.75) is 24.9 Å². The van der Waals surface area contributed by atoms with Gasteiger partial charge in [-0.15, -0.1) is 0 Å². The van der Waals surface area contributed by atoms with Crippen molar-refractivity contribution in [3.63, 3.8) is 0 Å². The molecule has 0 spiro atoms. The van der Waals surface area contributed by atoms with Gasteiger partial charge in [-0.3, -0.25) is 9.59 Å². The van der Waals surface area contributed by atoms with Crippen LogP contribution >= 0.6 is 0 Å². The number of phenols is 1. The Morgan fingerprint density at radius 1 is 0.897 bits per heavy atom. The fraction of sp³-hybridized carbons (Fsp3) is 0.167. The molecule has 3 aromatic carbocycles. The molecule has 1 amide bonds. The molecule has 0 aromatic heterocycles. The summed E-state index contributed by atoms with van der Waals surface area (Å²) in [6, 6.07) is 25.1. The normalized spacial score (nSPS) is 12.9. The highest BCUT2D eigenvalue weighted by Gasteiger charge is 2.41. The van der Waals surface area contributed by atoms with E-state index in [0.29, 0.717) is 0 Å². The molecule has 148 valence electrons. The summed E-state index contributed by atoms with van der Waals surface area (Å²) >= 11 is 0. The molecule has 0 aliphatic rings. The first-order valence-corrected chi connectivity index (χ1v) is 9.39. The zero-order chi connectivity index (χ0) is 20.9. The summed E-state index contributed by atoms with van der Waals surface area (Å²) in [4.78, 5) is 26.3. The van der Waals surface area contributed by atoms with E-state index in [0.717, 1.165) is 16.7 Å². The van der Waals surface area contributed by atoms with Crippen LogP contribution in [-0.4, -0.2) is 22.3 Å². The molecule has 3 aromatic rings. The maximum absolute atomic E-state index is 13.4. The number of nitrogens with two attached hydrogens (primary N) is 1. The van der Waals surface area contributed by atoms with Gasteiger partial charge in [-0.25, -0.2) is 0 Å². The number of carbonyl (C=O) groups excluding carboxylic acids is 2. The van der Waals surface area contributed by atoms with Crippen LogP contribution in [0, 0.1) is 0 Å². The first-order valence-electron chi connectivity index (χ1n) is 9.39. The van der Waals surface area contributed by atoms with E-state index in [1.807, 2.05) is 60.7 Å². The average molecular weight is 388 g/mol. The second-order valence-electron chi connectivity index (χ2n) is 7.17. The number of Topliss-reactive ketones (excluding diaryl/α,β-unsaturated/α-hetero) is 1. The van der Waals surface area contributed by atoms with Gasteiger partial charge >= 0.3 is 0 Å². The molecule has 0 saturated heterocycles. The molecule has 0 unspecified atom stereocenters. The lowest BCUT2D eigenvalue weighted by molar-refractivity contribution is -0.135. The maximum atomic E-state index is 13.4. The van der Waals surface area contributed by atoms with Crippen molar-refractivity contribution in [2.75, 3.05) is 0 Å². The molecule has 0 aliphatic carbocycles. The van der Waals surface area contributed by atoms with Gasteiger partial charge in [0.1, 0.15) is 5.75 Å². The Balaban J connectivity index is 1.83. The second-order valence-corrected chi connectivity index (χ2v) is 7.17. The Hall–Kier alpha value is -3.44. The minimum absolute atomic E-state index is 0.146. The van der Waals surface area contributed by atoms with Crippen LogP contribution in [-0.2, 0) is 16.1 Å². The number of benzene rings is 3. The highest BCUT2D eigenvalue weighted by atomic mass is 16.3. The summed E-state index contributed by atoms with van der Waals surface area (Å²) in [5.41, 5.74) is 6.91. The third-order valence-electron chi connectivity index (χ3n) is 4.90. The molecule has 0 bridgehead atoms. The topological polar surface area (TPSA) is 92.4 Å². The highest BCUT2D eigenvalue weighted by Crippen LogP contribution is 2.29. The van der Waals surface area contributed by atoms with Crippen molar-refractivity contribution in [1.82, 2.24) is 5.32 Å². The zero-order valence-corrected chi connectivity index (χ0v) is 16.2. The first kappa shape index (κ1) is 20.3. The van der Waals surface area contributed by atoms with Gasteiger partial charge < -0.3 is 16.2 Å². The van der Waals surface area contributed by atoms with Crippen LogP contribution in [0.3, 0.4) is 0 Å². The summed E-state index contributed by atoms with van der Waals surface area (Å²) in [6.45, 7) is 1.65. The number of hydrogen-bond donors (Lipinski definition) is 3. The van der Waals surface area contributed by atoms with Crippen LogP contribution in [0.2, 0.25) is 0 Å². The summed E-state index contributed by atoms with van der Waals surface area (Å²) in [6.07, 6.45) is 0. The lowest BCUT2D eigenvalue weighted by Gasteiger charge is -2.28. The molecule has 4 N–H and O–H groups in total. The monoisotopic (exact) mass is 388 g/mol. The van der Waals surface area contributed by atoms with Gasteiger partial charge in [0.05, 0.1) is 5.92 Å². The van der Waals surface area contributed by atoms with E-state index < -0.39 is 17.4 Å². The van der Waals surface area contributed by atoms with Crippen LogP contribution in [0.25, 0.3) is 0 Å². The van der Waals surface area contributed by atoms with Crippen LogP contribution in [0.4, 0.5) is 0 Å². The fourth-order valence-corrected chi connectivity index (χ4v) is 3.18. The number of aromatic hydroxyl groups is 1. The standard InChI is InChI=1S/C24H24N2O3/c1-24(25,23(29)26-16-17-12-14-20(27)15-13-17)22(28)21(18-8-4-2-5-9-18)19-10-6-3-7-11-19/h2-15,21,27H,16,25H2,1H3,(H,26,29)/t24-/m1/s1. The zero-order valence-electron chi connectivity index (χ0n) is 16.2. The molecule has 1 atom stereocenters. The van der Waals surface area contributed by atoms with E-state index in [2.05, 4.69) is 5.32 Å². The Morgan fingerprint density at radius 2 is 1.38 bits per heavy atom. The van der Waals surface area contributed by atoms with Crippen LogP contribution in [0.5, 0.6) is 5.75 Å². The molecular formula is C24H24N2O3. The average Bonchev–Trinajstić information content (AvgIpc) is 2.74. The van der Waals surface area contributed by atoms with E-state index in [-0.39, 0.29) is 18.1 Å². The van der Waals surface area contributed by atoms with Crippen molar-refractivity contribution in [1.29, 1.82) is 0 Å². The fourth-order valence-electron chi connectivity index (χ4n) is 3.18. The third-order valence-corrected chi connectivity index (χ3v) is 4.90. The number of rotatable bonds is 7. The van der Waals surface area contributed by atoms with Gasteiger partial charge in [-0.05, 0) is 35.7 Å². The molecule has 3 rings (SSSR count). The summed E-state index contributed by atoms with van der Waals surface area (Å²) < 4.78 is 0. The lowest BCUT2D eigenvalue weighted by Crippen LogP contribution is -2.58. The largest absolute Gasteiger partial charge is 0.508 e. The molecule has 0 fully saturated rings. The Kier molecular flexibility index (Phi) is 6.10. The smallest absolute Gasteiger partial charge is 0.247 e. The lowest BCUT2D eigenvalue weighted by atomic mass is 9.79. The van der Waals surface area contributed by atoms with Crippen molar-refractivity contribution >= 4 is 11.7 Å². The van der Waals surface area contributed by atoms with Gasteiger partial charge in [0, 0.05) is 6.54 Å². The number of carbonyl (C=O) groups is 2. The molecule has 0 saturated carbocycles. The summed E-state index contributed by atoms with van der Waals surface area (Å²) in [7, 11) is 0. The predicted octanol–water partition coefficient (Wildman–Crippen LogP) is 3.13. The highest BCUT2D eigenvalue weighted by molar-refractivity contribution is 6.13. The van der Waals surface area contributed by atoms with Crippen LogP contribution in [0.15, 0.2) is 84.9 Å². The van der Waals surface area contributed by atoms with E-state index in [4.69, 9.17) is 5.73 Å². The van der Waals surface area contributed by atoms with Crippen LogP contribution in [0.1, 0.15) is 29.5 Å². The number of phenolic OH excluding ortho intramolecular Hbond substituents is 1. The molecule has 5 nitrogen and oxygen atoms in total. The number of amides is 1.